The SMILES string of the molecule is Cc1cccc(C)c1NC(=O)C[NH+]1CC[NH+]([C@@H](C)C(=O)Nc2cccc(Cl)c2)CC1. The third-order valence-electron chi connectivity index (χ3n) is 5.85. The van der Waals surface area contributed by atoms with Gasteiger partial charge >= 0.3 is 0 Å². The molecule has 0 saturated carbocycles. The summed E-state index contributed by atoms with van der Waals surface area (Å²) in [5.41, 5.74) is 3.78. The molecule has 0 aromatic heterocycles. The molecule has 1 atom stereocenters. The predicted molar refractivity (Wildman–Crippen MR) is 120 cm³/mol. The number of benzene rings is 2. The average Bonchev–Trinajstić information content (AvgIpc) is 2.71. The molecular weight excluding hydrogens is 400 g/mol. The van der Waals surface area contributed by atoms with Gasteiger partial charge in [0.25, 0.3) is 11.8 Å². The maximum absolute atomic E-state index is 12.6. The number of rotatable bonds is 6. The van der Waals surface area contributed by atoms with Gasteiger partial charge in [-0.3, -0.25) is 9.59 Å². The lowest BCUT2D eigenvalue weighted by atomic mass is 10.1. The first kappa shape index (κ1) is 22.3. The van der Waals surface area contributed by atoms with Crippen molar-refractivity contribution in [2.75, 3.05) is 43.4 Å². The van der Waals surface area contributed by atoms with E-state index in [9.17, 15) is 9.59 Å². The van der Waals surface area contributed by atoms with Crippen LogP contribution in [0.5, 0.6) is 0 Å². The number of anilines is 2. The largest absolute Gasteiger partial charge is 0.321 e. The van der Waals surface area contributed by atoms with Gasteiger partial charge in [-0.05, 0) is 50.1 Å². The highest BCUT2D eigenvalue weighted by Crippen LogP contribution is 2.19. The second kappa shape index (κ2) is 10.1. The lowest BCUT2D eigenvalue weighted by Crippen LogP contribution is -3.30. The predicted octanol–water partition coefficient (Wildman–Crippen LogP) is 0.706. The van der Waals surface area contributed by atoms with Gasteiger partial charge in [-0.25, -0.2) is 0 Å². The topological polar surface area (TPSA) is 67.1 Å². The highest BCUT2D eigenvalue weighted by Gasteiger charge is 2.31. The zero-order valence-electron chi connectivity index (χ0n) is 17.8. The number of amides is 2. The number of quaternary nitrogens is 2. The second-order valence-electron chi connectivity index (χ2n) is 8.12. The number of piperazine rings is 1. The van der Waals surface area contributed by atoms with E-state index in [0.717, 1.165) is 43.0 Å². The van der Waals surface area contributed by atoms with Gasteiger partial charge in [0, 0.05) is 16.4 Å². The Balaban J connectivity index is 1.47. The molecule has 0 aliphatic carbocycles. The van der Waals surface area contributed by atoms with Gasteiger partial charge in [-0.15, -0.1) is 0 Å². The second-order valence-corrected chi connectivity index (χ2v) is 8.56. The molecule has 1 heterocycles. The third kappa shape index (κ3) is 5.81. The van der Waals surface area contributed by atoms with Crippen LogP contribution < -0.4 is 20.4 Å². The van der Waals surface area contributed by atoms with Crippen molar-refractivity contribution in [3.8, 4) is 0 Å². The van der Waals surface area contributed by atoms with E-state index in [1.165, 1.54) is 9.80 Å². The van der Waals surface area contributed by atoms with Crippen LogP contribution in [0.2, 0.25) is 5.02 Å². The molecule has 1 aliphatic heterocycles. The summed E-state index contributed by atoms with van der Waals surface area (Å²) in [5.74, 6) is 0.0288. The number of carbonyl (C=O) groups excluding carboxylic acids is 2. The maximum Gasteiger partial charge on any atom is 0.282 e. The van der Waals surface area contributed by atoms with E-state index in [1.807, 2.05) is 51.1 Å². The zero-order valence-corrected chi connectivity index (χ0v) is 18.6. The minimum atomic E-state index is -0.158. The number of carbonyl (C=O) groups is 2. The summed E-state index contributed by atoms with van der Waals surface area (Å²) in [6.07, 6.45) is 0. The number of halogens is 1. The van der Waals surface area contributed by atoms with Crippen LogP contribution in [0.4, 0.5) is 11.4 Å². The highest BCUT2D eigenvalue weighted by molar-refractivity contribution is 6.30. The molecule has 0 spiro atoms. The summed E-state index contributed by atoms with van der Waals surface area (Å²) in [5, 5.41) is 6.62. The Bertz CT molecular complexity index is 890. The third-order valence-corrected chi connectivity index (χ3v) is 6.09. The maximum atomic E-state index is 12.6. The molecule has 1 aliphatic rings. The summed E-state index contributed by atoms with van der Waals surface area (Å²) in [4.78, 5) is 27.6. The normalized spacial score (nSPS) is 19.7. The van der Waals surface area contributed by atoms with Gasteiger partial charge in [0.2, 0.25) is 0 Å². The van der Waals surface area contributed by atoms with Crippen LogP contribution in [0.3, 0.4) is 0 Å². The molecule has 3 rings (SSSR count). The van der Waals surface area contributed by atoms with Gasteiger partial charge in [0.15, 0.2) is 12.6 Å². The first-order valence-corrected chi connectivity index (χ1v) is 10.8. The average molecular weight is 431 g/mol. The van der Waals surface area contributed by atoms with Gasteiger partial charge in [-0.1, -0.05) is 35.9 Å². The Morgan fingerprint density at radius 1 is 1.00 bits per heavy atom. The van der Waals surface area contributed by atoms with Crippen LogP contribution in [0.1, 0.15) is 18.1 Å². The van der Waals surface area contributed by atoms with Crippen LogP contribution in [0, 0.1) is 13.8 Å². The fourth-order valence-electron chi connectivity index (χ4n) is 3.96. The van der Waals surface area contributed by atoms with Crippen LogP contribution in [-0.4, -0.2) is 50.6 Å². The van der Waals surface area contributed by atoms with E-state index in [-0.39, 0.29) is 17.9 Å². The van der Waals surface area contributed by atoms with Crippen molar-refractivity contribution in [1.82, 2.24) is 0 Å². The molecule has 0 radical (unpaired) electrons. The molecule has 0 bridgehead atoms. The molecule has 30 heavy (non-hydrogen) atoms. The fourth-order valence-corrected chi connectivity index (χ4v) is 4.15. The van der Waals surface area contributed by atoms with Gasteiger partial charge in [0.05, 0.1) is 0 Å². The number of hydrogen-bond acceptors (Lipinski definition) is 2. The van der Waals surface area contributed by atoms with Crippen molar-refractivity contribution in [2.24, 2.45) is 0 Å². The molecule has 2 aromatic carbocycles. The fraction of sp³-hybridized carbons (Fsp3) is 0.391. The van der Waals surface area contributed by atoms with Crippen molar-refractivity contribution >= 4 is 34.8 Å². The molecule has 4 N–H and O–H groups in total. The standard InChI is InChI=1S/C23H29ClN4O2/c1-16-6-4-7-17(2)22(16)26-21(29)15-27-10-12-28(13-11-27)18(3)23(30)25-20-9-5-8-19(24)14-20/h4-9,14,18H,10-13,15H2,1-3H3,(H,25,30)(H,26,29)/p+2/t18-/m0/s1. The van der Waals surface area contributed by atoms with Crippen LogP contribution in [0.25, 0.3) is 0 Å². The molecule has 160 valence electrons. The molecule has 6 nitrogen and oxygen atoms in total. The van der Waals surface area contributed by atoms with E-state index >= 15 is 0 Å². The molecule has 2 aromatic rings. The van der Waals surface area contributed by atoms with Crippen molar-refractivity contribution in [3.63, 3.8) is 0 Å². The quantitative estimate of drug-likeness (QED) is 0.545. The van der Waals surface area contributed by atoms with Crippen molar-refractivity contribution < 1.29 is 19.4 Å². The minimum absolute atomic E-state index is 0.0107. The van der Waals surface area contributed by atoms with Crippen LogP contribution in [0.15, 0.2) is 42.5 Å². The molecule has 1 fully saturated rings. The Hall–Kier alpha value is -2.41. The molecule has 7 heteroatoms. The number of hydrogen-bond donors (Lipinski definition) is 4. The molecule has 1 saturated heterocycles. The number of para-hydroxylation sites is 1. The van der Waals surface area contributed by atoms with Gasteiger partial charge in [-0.2, -0.15) is 0 Å². The lowest BCUT2D eigenvalue weighted by molar-refractivity contribution is -1.01. The lowest BCUT2D eigenvalue weighted by Gasteiger charge is -2.32. The zero-order chi connectivity index (χ0) is 21.7. The summed E-state index contributed by atoms with van der Waals surface area (Å²) in [6, 6.07) is 13.0. The summed E-state index contributed by atoms with van der Waals surface area (Å²) in [7, 11) is 0. The first-order chi connectivity index (χ1) is 14.3. The first-order valence-electron chi connectivity index (χ1n) is 10.4. The van der Waals surface area contributed by atoms with E-state index in [0.29, 0.717) is 17.3 Å². The monoisotopic (exact) mass is 430 g/mol. The Morgan fingerprint density at radius 2 is 1.63 bits per heavy atom. The number of aryl methyl sites for hydroxylation is 2. The summed E-state index contributed by atoms with van der Waals surface area (Å²) in [6.45, 7) is 9.86. The van der Waals surface area contributed by atoms with E-state index in [4.69, 9.17) is 11.6 Å². The summed E-state index contributed by atoms with van der Waals surface area (Å²) >= 11 is 5.99. The van der Waals surface area contributed by atoms with E-state index in [2.05, 4.69) is 10.6 Å². The smallest absolute Gasteiger partial charge is 0.282 e. The Labute approximate surface area is 183 Å². The van der Waals surface area contributed by atoms with E-state index < -0.39 is 0 Å². The number of nitrogens with one attached hydrogen (secondary N) is 4. The molecule has 2 amide bonds. The summed E-state index contributed by atoms with van der Waals surface area (Å²) < 4.78 is 0. The Kier molecular flexibility index (Phi) is 7.48. The van der Waals surface area contributed by atoms with Crippen LogP contribution >= 0.6 is 11.6 Å². The Morgan fingerprint density at radius 3 is 2.27 bits per heavy atom. The van der Waals surface area contributed by atoms with Gasteiger partial charge in [0.1, 0.15) is 26.2 Å². The highest BCUT2D eigenvalue weighted by atomic mass is 35.5. The van der Waals surface area contributed by atoms with Crippen molar-refractivity contribution in [3.05, 3.63) is 58.6 Å². The van der Waals surface area contributed by atoms with Crippen molar-refractivity contribution in [1.29, 1.82) is 0 Å². The van der Waals surface area contributed by atoms with E-state index in [1.54, 1.807) is 12.1 Å². The minimum Gasteiger partial charge on any atom is -0.321 e. The van der Waals surface area contributed by atoms with Gasteiger partial charge < -0.3 is 20.4 Å². The molecule has 0 unspecified atom stereocenters. The molecular formula is C23H31ClN4O2+2. The van der Waals surface area contributed by atoms with Crippen LogP contribution in [-0.2, 0) is 9.59 Å². The van der Waals surface area contributed by atoms with Crippen molar-refractivity contribution in [2.45, 2.75) is 26.8 Å².